The largest absolute Gasteiger partial charge is 0.369 e. The van der Waals surface area contributed by atoms with Crippen molar-refractivity contribution in [2.24, 2.45) is 23.5 Å². The van der Waals surface area contributed by atoms with Gasteiger partial charge in [-0.1, -0.05) is 12.2 Å². The van der Waals surface area contributed by atoms with Gasteiger partial charge in [0.15, 0.2) is 11.5 Å². The van der Waals surface area contributed by atoms with E-state index < -0.39 is 0 Å². The molecule has 1 amide bonds. The van der Waals surface area contributed by atoms with Gasteiger partial charge in [0.2, 0.25) is 11.9 Å². The van der Waals surface area contributed by atoms with Crippen LogP contribution in [0.2, 0.25) is 0 Å². The van der Waals surface area contributed by atoms with Crippen molar-refractivity contribution in [2.45, 2.75) is 19.4 Å². The highest BCUT2D eigenvalue weighted by Crippen LogP contribution is 2.45. The average molecular weight is 414 g/mol. The number of nitrogens with zero attached hydrogens (tertiary/aromatic N) is 3. The van der Waals surface area contributed by atoms with Crippen molar-refractivity contribution in [3.8, 4) is 0 Å². The van der Waals surface area contributed by atoms with Gasteiger partial charge in [0, 0.05) is 28.3 Å². The molecule has 4 unspecified atom stereocenters. The van der Waals surface area contributed by atoms with Crippen LogP contribution in [0.5, 0.6) is 0 Å². The molecule has 0 spiro atoms. The first kappa shape index (κ1) is 17.9. The molecule has 156 valence electrons. The Hall–Kier alpha value is -3.88. The molecule has 0 radical (unpaired) electrons. The fraction of sp³-hybridized carbons (Fsp3) is 0.273. The zero-order chi connectivity index (χ0) is 21.1. The molecule has 2 aliphatic rings. The fourth-order valence-electron chi connectivity index (χ4n) is 5.04. The number of rotatable bonds is 5. The van der Waals surface area contributed by atoms with Gasteiger partial charge >= 0.3 is 0 Å². The number of hydrogen-bond donors (Lipinski definition) is 5. The molecule has 9 heteroatoms. The van der Waals surface area contributed by atoms with Crippen LogP contribution in [-0.4, -0.2) is 36.9 Å². The second-order valence-electron chi connectivity index (χ2n) is 8.42. The highest BCUT2D eigenvalue weighted by atomic mass is 16.1. The Morgan fingerprint density at radius 3 is 2.94 bits per heavy atom. The van der Waals surface area contributed by atoms with Crippen molar-refractivity contribution in [3.63, 3.8) is 0 Å². The molecule has 3 heterocycles. The quantitative estimate of drug-likeness (QED) is 0.318. The Balaban J connectivity index is 1.35. The minimum Gasteiger partial charge on any atom is -0.369 e. The molecule has 6 N–H and O–H groups in total. The number of benzene rings is 1. The van der Waals surface area contributed by atoms with Gasteiger partial charge in [-0.2, -0.15) is 9.97 Å². The highest BCUT2D eigenvalue weighted by Gasteiger charge is 2.47. The number of aromatic amines is 2. The minimum absolute atomic E-state index is 0.102. The number of nitrogens with two attached hydrogens (primary N) is 1. The Labute approximate surface area is 177 Å². The van der Waals surface area contributed by atoms with Crippen LogP contribution in [0.25, 0.3) is 22.1 Å². The molecular weight excluding hydrogens is 392 g/mol. The second-order valence-corrected chi connectivity index (χ2v) is 8.42. The smallest absolute Gasteiger partial charge is 0.231 e. The molecule has 1 fully saturated rings. The average Bonchev–Trinajstić information content (AvgIpc) is 3.50. The molecule has 0 saturated heterocycles. The Kier molecular flexibility index (Phi) is 3.80. The molecule has 4 atom stereocenters. The van der Waals surface area contributed by atoms with Crippen LogP contribution >= 0.6 is 0 Å². The first-order valence-corrected chi connectivity index (χ1v) is 10.4. The number of carbonyl (C=O) groups excluding carboxylic acids is 1. The van der Waals surface area contributed by atoms with E-state index >= 15 is 0 Å². The molecule has 1 saturated carbocycles. The standard InChI is InChI=1S/C22H22N8O/c1-10-6-13-8-14(4-5-15(13)26-10)27-22-29-20-18(24-9-25-20)21(30-22)28-17-12-3-2-11(7-12)16(17)19(23)31/h2-6,8-9,11-12,16-17,26H,7H2,1H3,(H2,23,31)(H3,24,25,27,28,29,30). The van der Waals surface area contributed by atoms with E-state index in [0.29, 0.717) is 22.9 Å². The van der Waals surface area contributed by atoms with Crippen LogP contribution in [0, 0.1) is 24.7 Å². The molecule has 0 aliphatic heterocycles. The van der Waals surface area contributed by atoms with Crippen LogP contribution in [0.3, 0.4) is 0 Å². The van der Waals surface area contributed by atoms with Crippen LogP contribution in [0.15, 0.2) is 42.7 Å². The van der Waals surface area contributed by atoms with E-state index in [2.05, 4.69) is 54.9 Å². The minimum atomic E-state index is -0.282. The van der Waals surface area contributed by atoms with E-state index in [1.807, 2.05) is 19.1 Å². The van der Waals surface area contributed by atoms with Crippen molar-refractivity contribution < 1.29 is 4.79 Å². The third-order valence-corrected chi connectivity index (χ3v) is 6.38. The van der Waals surface area contributed by atoms with Gasteiger partial charge in [-0.15, -0.1) is 0 Å². The van der Waals surface area contributed by atoms with Crippen molar-refractivity contribution in [1.82, 2.24) is 24.9 Å². The number of anilines is 3. The first-order chi connectivity index (χ1) is 15.0. The number of fused-ring (bicyclic) bond motifs is 4. The maximum Gasteiger partial charge on any atom is 0.231 e. The number of imidazole rings is 1. The monoisotopic (exact) mass is 414 g/mol. The first-order valence-electron chi connectivity index (χ1n) is 10.4. The van der Waals surface area contributed by atoms with Gasteiger partial charge in [0.25, 0.3) is 0 Å². The third kappa shape index (κ3) is 2.92. The van der Waals surface area contributed by atoms with Gasteiger partial charge in [-0.3, -0.25) is 4.79 Å². The lowest BCUT2D eigenvalue weighted by Crippen LogP contribution is -2.41. The summed E-state index contributed by atoms with van der Waals surface area (Å²) in [7, 11) is 0. The lowest BCUT2D eigenvalue weighted by Gasteiger charge is -2.27. The highest BCUT2D eigenvalue weighted by molar-refractivity contribution is 5.87. The summed E-state index contributed by atoms with van der Waals surface area (Å²) < 4.78 is 0. The van der Waals surface area contributed by atoms with Crippen molar-refractivity contribution in [3.05, 3.63) is 48.4 Å². The summed E-state index contributed by atoms with van der Waals surface area (Å²) in [6, 6.07) is 8.05. The Bertz CT molecular complexity index is 1350. The molecule has 2 bridgehead atoms. The number of amides is 1. The van der Waals surface area contributed by atoms with Gasteiger partial charge in [0.1, 0.15) is 5.52 Å². The molecule has 3 aromatic heterocycles. The van der Waals surface area contributed by atoms with Gasteiger partial charge < -0.3 is 26.3 Å². The lowest BCUT2D eigenvalue weighted by atomic mass is 9.88. The van der Waals surface area contributed by atoms with Crippen LogP contribution in [0.1, 0.15) is 12.1 Å². The van der Waals surface area contributed by atoms with Gasteiger partial charge in [0.05, 0.1) is 12.2 Å². The van der Waals surface area contributed by atoms with Crippen molar-refractivity contribution in [2.75, 3.05) is 10.6 Å². The number of aryl methyl sites for hydroxylation is 1. The van der Waals surface area contributed by atoms with Crippen molar-refractivity contribution in [1.29, 1.82) is 0 Å². The Morgan fingerprint density at radius 2 is 2.06 bits per heavy atom. The molecule has 4 aromatic rings. The predicted octanol–water partition coefficient (Wildman–Crippen LogP) is 2.97. The predicted molar refractivity (Wildman–Crippen MR) is 119 cm³/mol. The number of carbonyl (C=O) groups is 1. The zero-order valence-corrected chi connectivity index (χ0v) is 16.9. The molecule has 9 nitrogen and oxygen atoms in total. The summed E-state index contributed by atoms with van der Waals surface area (Å²) in [5.41, 5.74) is 10.0. The number of hydrogen-bond acceptors (Lipinski definition) is 6. The molecule has 31 heavy (non-hydrogen) atoms. The maximum absolute atomic E-state index is 12.1. The van der Waals surface area contributed by atoms with Crippen LogP contribution in [-0.2, 0) is 4.79 Å². The van der Waals surface area contributed by atoms with Gasteiger partial charge in [-0.05, 0) is 49.4 Å². The van der Waals surface area contributed by atoms with Gasteiger partial charge in [-0.25, -0.2) is 4.98 Å². The van der Waals surface area contributed by atoms with Crippen LogP contribution in [0.4, 0.5) is 17.5 Å². The van der Waals surface area contributed by atoms with E-state index in [0.717, 1.165) is 28.7 Å². The van der Waals surface area contributed by atoms with E-state index in [9.17, 15) is 4.79 Å². The maximum atomic E-state index is 12.1. The molecular formula is C22H22N8O. The molecule has 6 rings (SSSR count). The van der Waals surface area contributed by atoms with E-state index in [1.54, 1.807) is 6.33 Å². The topological polar surface area (TPSA) is 137 Å². The molecule has 1 aromatic carbocycles. The number of H-pyrrole nitrogens is 2. The normalized spacial score (nSPS) is 24.3. The summed E-state index contributed by atoms with van der Waals surface area (Å²) in [5, 5.41) is 7.86. The van der Waals surface area contributed by atoms with Crippen LogP contribution < -0.4 is 16.4 Å². The number of aromatic nitrogens is 5. The lowest BCUT2D eigenvalue weighted by molar-refractivity contribution is -0.122. The number of allylic oxidation sites excluding steroid dienone is 1. The SMILES string of the molecule is Cc1cc2cc(Nc3nc(NC4C5C=CC(C5)C4C(N)=O)c4nc[nH]c4n3)ccc2[nH]1. The van der Waals surface area contributed by atoms with Crippen molar-refractivity contribution >= 4 is 45.4 Å². The number of primary amides is 1. The Morgan fingerprint density at radius 1 is 1.19 bits per heavy atom. The van der Waals surface area contributed by atoms with E-state index in [4.69, 9.17) is 10.7 Å². The second kappa shape index (κ2) is 6.56. The summed E-state index contributed by atoms with van der Waals surface area (Å²) in [5.74, 6) is 0.933. The fourth-order valence-corrected chi connectivity index (χ4v) is 5.04. The zero-order valence-electron chi connectivity index (χ0n) is 16.9. The number of nitrogens with one attached hydrogen (secondary N) is 4. The summed E-state index contributed by atoms with van der Waals surface area (Å²) in [4.78, 5) is 32.1. The third-order valence-electron chi connectivity index (χ3n) is 6.38. The molecule has 2 aliphatic carbocycles. The van der Waals surface area contributed by atoms with E-state index in [-0.39, 0.29) is 29.7 Å². The summed E-state index contributed by atoms with van der Waals surface area (Å²) >= 11 is 0. The summed E-state index contributed by atoms with van der Waals surface area (Å²) in [6.07, 6.45) is 6.79. The van der Waals surface area contributed by atoms with E-state index in [1.165, 1.54) is 0 Å². The summed E-state index contributed by atoms with van der Waals surface area (Å²) in [6.45, 7) is 2.03.